The monoisotopic (exact) mass is 287 g/mol. The molecule has 3 rings (SSSR count). The van der Waals surface area contributed by atoms with Crippen LogP contribution in [0.4, 0.5) is 5.13 Å². The maximum Gasteiger partial charge on any atom is 0.186 e. The lowest BCUT2D eigenvalue weighted by molar-refractivity contribution is 0.652. The SMILES string of the molecule is CN(c1nc(-c2ccccc2)c(CN)s1)C1CCCC1. The highest BCUT2D eigenvalue weighted by Gasteiger charge is 2.23. The van der Waals surface area contributed by atoms with Gasteiger partial charge >= 0.3 is 0 Å². The molecule has 0 bridgehead atoms. The van der Waals surface area contributed by atoms with Gasteiger partial charge in [-0.15, -0.1) is 0 Å². The summed E-state index contributed by atoms with van der Waals surface area (Å²) in [6.07, 6.45) is 5.26. The first-order valence-corrected chi connectivity index (χ1v) is 8.09. The van der Waals surface area contributed by atoms with Gasteiger partial charge in [0, 0.05) is 30.1 Å². The highest BCUT2D eigenvalue weighted by Crippen LogP contribution is 2.35. The first-order chi connectivity index (χ1) is 9.79. The lowest BCUT2D eigenvalue weighted by atomic mass is 10.1. The van der Waals surface area contributed by atoms with E-state index in [9.17, 15) is 0 Å². The van der Waals surface area contributed by atoms with E-state index in [0.717, 1.165) is 16.4 Å². The Balaban J connectivity index is 1.92. The Kier molecular flexibility index (Phi) is 4.03. The molecule has 1 saturated carbocycles. The molecule has 0 saturated heterocycles. The van der Waals surface area contributed by atoms with Crippen LogP contribution in [0.1, 0.15) is 30.6 Å². The van der Waals surface area contributed by atoms with Crippen LogP contribution in [0.25, 0.3) is 11.3 Å². The topological polar surface area (TPSA) is 42.2 Å². The molecule has 1 aliphatic rings. The maximum atomic E-state index is 5.91. The van der Waals surface area contributed by atoms with E-state index in [1.165, 1.54) is 30.6 Å². The molecule has 2 N–H and O–H groups in total. The largest absolute Gasteiger partial charge is 0.348 e. The number of nitrogens with two attached hydrogens (primary N) is 1. The van der Waals surface area contributed by atoms with Crippen molar-refractivity contribution in [2.45, 2.75) is 38.3 Å². The summed E-state index contributed by atoms with van der Waals surface area (Å²) in [7, 11) is 2.17. The minimum Gasteiger partial charge on any atom is -0.348 e. The summed E-state index contributed by atoms with van der Waals surface area (Å²) < 4.78 is 0. The Labute approximate surface area is 124 Å². The van der Waals surface area contributed by atoms with Gasteiger partial charge < -0.3 is 10.6 Å². The predicted molar refractivity (Wildman–Crippen MR) is 86.1 cm³/mol. The van der Waals surface area contributed by atoms with Crippen molar-refractivity contribution in [3.8, 4) is 11.3 Å². The fraction of sp³-hybridized carbons (Fsp3) is 0.438. The molecule has 1 aliphatic carbocycles. The number of benzene rings is 1. The highest BCUT2D eigenvalue weighted by molar-refractivity contribution is 7.16. The zero-order valence-electron chi connectivity index (χ0n) is 11.9. The number of hydrogen-bond donors (Lipinski definition) is 1. The van der Waals surface area contributed by atoms with Crippen LogP contribution in [0.5, 0.6) is 0 Å². The van der Waals surface area contributed by atoms with Crippen molar-refractivity contribution in [2.75, 3.05) is 11.9 Å². The van der Waals surface area contributed by atoms with Gasteiger partial charge in [-0.25, -0.2) is 4.98 Å². The highest BCUT2D eigenvalue weighted by atomic mass is 32.1. The van der Waals surface area contributed by atoms with Gasteiger partial charge in [-0.1, -0.05) is 54.5 Å². The van der Waals surface area contributed by atoms with Gasteiger partial charge in [0.05, 0.1) is 5.69 Å². The van der Waals surface area contributed by atoms with Crippen LogP contribution < -0.4 is 10.6 Å². The van der Waals surface area contributed by atoms with Crippen molar-refractivity contribution in [1.29, 1.82) is 0 Å². The zero-order chi connectivity index (χ0) is 13.9. The van der Waals surface area contributed by atoms with Crippen molar-refractivity contribution >= 4 is 16.5 Å². The van der Waals surface area contributed by atoms with Crippen molar-refractivity contribution in [3.63, 3.8) is 0 Å². The third-order valence-corrected chi connectivity index (χ3v) is 5.26. The van der Waals surface area contributed by atoms with E-state index in [0.29, 0.717) is 12.6 Å². The summed E-state index contributed by atoms with van der Waals surface area (Å²) in [4.78, 5) is 8.39. The average molecular weight is 287 g/mol. The van der Waals surface area contributed by atoms with Gasteiger partial charge in [0.2, 0.25) is 0 Å². The zero-order valence-corrected chi connectivity index (χ0v) is 12.7. The quantitative estimate of drug-likeness (QED) is 0.933. The fourth-order valence-corrected chi connectivity index (χ4v) is 3.89. The summed E-state index contributed by atoms with van der Waals surface area (Å²) in [5, 5.41) is 1.11. The van der Waals surface area contributed by atoms with E-state index in [1.807, 2.05) is 6.07 Å². The van der Waals surface area contributed by atoms with Crippen LogP contribution in [-0.2, 0) is 6.54 Å². The van der Waals surface area contributed by atoms with Gasteiger partial charge in [-0.05, 0) is 12.8 Å². The number of thiazole rings is 1. The number of anilines is 1. The van der Waals surface area contributed by atoms with Crippen LogP contribution in [-0.4, -0.2) is 18.1 Å². The number of nitrogens with zero attached hydrogens (tertiary/aromatic N) is 2. The van der Waals surface area contributed by atoms with E-state index >= 15 is 0 Å². The summed E-state index contributed by atoms with van der Waals surface area (Å²) in [6, 6.07) is 11.0. The lowest BCUT2D eigenvalue weighted by Crippen LogP contribution is -2.28. The Hall–Kier alpha value is -1.39. The maximum absolute atomic E-state index is 5.91. The Morgan fingerprint density at radius 2 is 1.95 bits per heavy atom. The number of aromatic nitrogens is 1. The van der Waals surface area contributed by atoms with Crippen LogP contribution in [0, 0.1) is 0 Å². The van der Waals surface area contributed by atoms with E-state index < -0.39 is 0 Å². The Morgan fingerprint density at radius 1 is 1.25 bits per heavy atom. The first-order valence-electron chi connectivity index (χ1n) is 7.27. The molecule has 3 nitrogen and oxygen atoms in total. The van der Waals surface area contributed by atoms with Crippen molar-refractivity contribution in [3.05, 3.63) is 35.2 Å². The molecular formula is C16H21N3S. The van der Waals surface area contributed by atoms with E-state index in [4.69, 9.17) is 10.7 Å². The standard InChI is InChI=1S/C16H21N3S/c1-19(13-9-5-6-10-13)16-18-15(14(11-17)20-16)12-7-3-2-4-8-12/h2-4,7-8,13H,5-6,9-11,17H2,1H3. The second-order valence-corrected chi connectivity index (χ2v) is 6.45. The Bertz CT molecular complexity index is 558. The van der Waals surface area contributed by atoms with Gasteiger partial charge in [0.25, 0.3) is 0 Å². The van der Waals surface area contributed by atoms with Crippen LogP contribution >= 0.6 is 11.3 Å². The second-order valence-electron chi connectivity index (χ2n) is 5.39. The van der Waals surface area contributed by atoms with Gasteiger partial charge in [0.1, 0.15) is 0 Å². The molecule has 4 heteroatoms. The minimum atomic E-state index is 0.556. The lowest BCUT2D eigenvalue weighted by Gasteiger charge is -2.23. The molecule has 0 atom stereocenters. The molecule has 106 valence electrons. The van der Waals surface area contributed by atoms with Crippen molar-refractivity contribution in [1.82, 2.24) is 4.98 Å². The third-order valence-electron chi connectivity index (χ3n) is 4.09. The van der Waals surface area contributed by atoms with E-state index in [1.54, 1.807) is 11.3 Å². The minimum absolute atomic E-state index is 0.556. The molecule has 1 fully saturated rings. The van der Waals surface area contributed by atoms with Crippen LogP contribution in [0.15, 0.2) is 30.3 Å². The molecule has 0 amide bonds. The third kappa shape index (κ3) is 2.58. The van der Waals surface area contributed by atoms with E-state index in [-0.39, 0.29) is 0 Å². The fourth-order valence-electron chi connectivity index (χ4n) is 2.90. The van der Waals surface area contributed by atoms with Crippen molar-refractivity contribution in [2.24, 2.45) is 5.73 Å². The molecule has 0 aliphatic heterocycles. The average Bonchev–Trinajstić information content (AvgIpc) is 3.17. The molecule has 0 unspecified atom stereocenters. The van der Waals surface area contributed by atoms with Gasteiger partial charge in [0.15, 0.2) is 5.13 Å². The molecule has 2 aromatic rings. The summed E-state index contributed by atoms with van der Waals surface area (Å²) in [5.41, 5.74) is 8.12. The second kappa shape index (κ2) is 5.94. The molecule has 0 radical (unpaired) electrons. The van der Waals surface area contributed by atoms with Gasteiger partial charge in [-0.2, -0.15) is 0 Å². The molecule has 1 aromatic heterocycles. The van der Waals surface area contributed by atoms with Crippen molar-refractivity contribution < 1.29 is 0 Å². The molecular weight excluding hydrogens is 266 g/mol. The molecule has 1 heterocycles. The molecule has 20 heavy (non-hydrogen) atoms. The normalized spacial score (nSPS) is 15.7. The smallest absolute Gasteiger partial charge is 0.186 e. The molecule has 0 spiro atoms. The summed E-state index contributed by atoms with van der Waals surface area (Å²) in [6.45, 7) is 0.556. The van der Waals surface area contributed by atoms with Crippen LogP contribution in [0.2, 0.25) is 0 Å². The predicted octanol–water partition coefficient (Wildman–Crippen LogP) is 3.65. The Morgan fingerprint density at radius 3 is 2.60 bits per heavy atom. The first kappa shape index (κ1) is 13.6. The summed E-state index contributed by atoms with van der Waals surface area (Å²) in [5.74, 6) is 0. The number of rotatable bonds is 4. The number of hydrogen-bond acceptors (Lipinski definition) is 4. The van der Waals surface area contributed by atoms with E-state index in [2.05, 4.69) is 36.2 Å². The van der Waals surface area contributed by atoms with Crippen LogP contribution in [0.3, 0.4) is 0 Å². The van der Waals surface area contributed by atoms with Gasteiger partial charge in [-0.3, -0.25) is 0 Å². The summed E-state index contributed by atoms with van der Waals surface area (Å²) >= 11 is 1.74. The molecule has 1 aromatic carbocycles.